The summed E-state index contributed by atoms with van der Waals surface area (Å²) >= 11 is 6.48. The number of imidazole rings is 1. The molecule has 1 heterocycles. The molecule has 2 nitrogen and oxygen atoms in total. The maximum atomic E-state index is 6.48. The highest BCUT2D eigenvalue weighted by Gasteiger charge is 2.10. The fourth-order valence-electron chi connectivity index (χ4n) is 2.60. The number of nitrogens with zero attached hydrogens (tertiary/aromatic N) is 1. The first-order chi connectivity index (χ1) is 10.8. The highest BCUT2D eigenvalue weighted by atomic mass is 35.5. The van der Waals surface area contributed by atoms with Gasteiger partial charge in [-0.3, -0.25) is 0 Å². The molecule has 22 heavy (non-hydrogen) atoms. The Morgan fingerprint density at radius 2 is 1.55 bits per heavy atom. The largest absolute Gasteiger partial charge is 0.338 e. The second kappa shape index (κ2) is 5.32. The van der Waals surface area contributed by atoms with E-state index in [0.717, 1.165) is 33.5 Å². The fourth-order valence-corrected chi connectivity index (χ4v) is 2.87. The predicted molar refractivity (Wildman–Crippen MR) is 92.0 cm³/mol. The second-order valence-electron chi connectivity index (χ2n) is 5.16. The first-order valence-electron chi connectivity index (χ1n) is 7.11. The van der Waals surface area contributed by atoms with Gasteiger partial charge in [0, 0.05) is 5.56 Å². The fraction of sp³-hybridized carbons (Fsp3) is 0. The van der Waals surface area contributed by atoms with Crippen LogP contribution in [0.5, 0.6) is 0 Å². The van der Waals surface area contributed by atoms with Crippen LogP contribution in [0.15, 0.2) is 72.8 Å². The third kappa shape index (κ3) is 2.28. The van der Waals surface area contributed by atoms with Crippen molar-refractivity contribution in [3.05, 3.63) is 77.8 Å². The van der Waals surface area contributed by atoms with Gasteiger partial charge in [0.2, 0.25) is 0 Å². The van der Waals surface area contributed by atoms with Gasteiger partial charge in [-0.2, -0.15) is 0 Å². The molecule has 0 fully saturated rings. The Hall–Kier alpha value is -2.58. The number of benzene rings is 3. The zero-order valence-electron chi connectivity index (χ0n) is 11.8. The van der Waals surface area contributed by atoms with Crippen molar-refractivity contribution < 1.29 is 0 Å². The smallest absolute Gasteiger partial charge is 0.139 e. The molecule has 1 N–H and O–H groups in total. The van der Waals surface area contributed by atoms with Gasteiger partial charge in [-0.15, -0.1) is 0 Å². The van der Waals surface area contributed by atoms with Crippen LogP contribution >= 0.6 is 11.6 Å². The maximum Gasteiger partial charge on any atom is 0.139 e. The summed E-state index contributed by atoms with van der Waals surface area (Å²) in [5.41, 5.74) is 5.13. The molecule has 0 aliphatic rings. The van der Waals surface area contributed by atoms with Crippen molar-refractivity contribution in [1.29, 1.82) is 0 Å². The van der Waals surface area contributed by atoms with Gasteiger partial charge in [-0.1, -0.05) is 60.1 Å². The lowest BCUT2D eigenvalue weighted by atomic mass is 10.0. The van der Waals surface area contributed by atoms with Crippen molar-refractivity contribution >= 4 is 22.6 Å². The van der Waals surface area contributed by atoms with E-state index in [4.69, 9.17) is 11.6 Å². The number of para-hydroxylation sites is 2. The zero-order chi connectivity index (χ0) is 14.9. The number of fused-ring (bicyclic) bond motifs is 1. The van der Waals surface area contributed by atoms with Crippen molar-refractivity contribution in [2.24, 2.45) is 0 Å². The van der Waals surface area contributed by atoms with Gasteiger partial charge in [0.1, 0.15) is 5.82 Å². The number of H-pyrrole nitrogens is 1. The SMILES string of the molecule is Clc1cc(-c2ccccc2)ccc1-c1nc2ccccc2[nH]1. The predicted octanol–water partition coefficient (Wildman–Crippen LogP) is 5.55. The summed E-state index contributed by atoms with van der Waals surface area (Å²) in [5.74, 6) is 0.797. The Kier molecular flexibility index (Phi) is 3.17. The van der Waals surface area contributed by atoms with Crippen molar-refractivity contribution in [2.75, 3.05) is 0 Å². The molecular formula is C19H13ClN2. The monoisotopic (exact) mass is 304 g/mol. The van der Waals surface area contributed by atoms with E-state index in [1.165, 1.54) is 0 Å². The average molecular weight is 305 g/mol. The minimum atomic E-state index is 0.695. The van der Waals surface area contributed by atoms with Gasteiger partial charge in [0.25, 0.3) is 0 Å². The number of hydrogen-bond donors (Lipinski definition) is 1. The summed E-state index contributed by atoms with van der Waals surface area (Å²) in [5, 5.41) is 0.695. The number of rotatable bonds is 2. The summed E-state index contributed by atoms with van der Waals surface area (Å²) in [6.45, 7) is 0. The van der Waals surface area contributed by atoms with Crippen LogP contribution in [0.4, 0.5) is 0 Å². The molecule has 0 radical (unpaired) electrons. The highest BCUT2D eigenvalue weighted by Crippen LogP contribution is 2.31. The molecule has 0 atom stereocenters. The average Bonchev–Trinajstić information content (AvgIpc) is 2.99. The van der Waals surface area contributed by atoms with Crippen molar-refractivity contribution in [3.63, 3.8) is 0 Å². The van der Waals surface area contributed by atoms with E-state index < -0.39 is 0 Å². The first-order valence-corrected chi connectivity index (χ1v) is 7.49. The summed E-state index contributed by atoms with van der Waals surface area (Å²) < 4.78 is 0. The quantitative estimate of drug-likeness (QED) is 0.516. The molecule has 0 amide bonds. The van der Waals surface area contributed by atoms with Gasteiger partial charge < -0.3 is 4.98 Å². The van der Waals surface area contributed by atoms with Crippen LogP contribution in [0.1, 0.15) is 0 Å². The molecule has 0 spiro atoms. The number of nitrogens with one attached hydrogen (secondary N) is 1. The van der Waals surface area contributed by atoms with Crippen molar-refractivity contribution in [2.45, 2.75) is 0 Å². The number of hydrogen-bond acceptors (Lipinski definition) is 1. The minimum absolute atomic E-state index is 0.695. The third-order valence-corrected chi connectivity index (χ3v) is 4.03. The third-order valence-electron chi connectivity index (χ3n) is 3.72. The van der Waals surface area contributed by atoms with E-state index >= 15 is 0 Å². The number of aromatic nitrogens is 2. The standard InChI is InChI=1S/C19H13ClN2/c20-16-12-14(13-6-2-1-3-7-13)10-11-15(16)19-21-17-8-4-5-9-18(17)22-19/h1-12H,(H,21,22). The first kappa shape index (κ1) is 13.1. The summed E-state index contributed by atoms with van der Waals surface area (Å²) in [6.07, 6.45) is 0. The van der Waals surface area contributed by atoms with Crippen LogP contribution in [0.25, 0.3) is 33.5 Å². The number of halogens is 1. The molecule has 0 saturated carbocycles. The molecule has 1 aromatic heterocycles. The van der Waals surface area contributed by atoms with E-state index in [9.17, 15) is 0 Å². The molecule has 0 aliphatic heterocycles. The van der Waals surface area contributed by atoms with Crippen LogP contribution in [0, 0.1) is 0 Å². The van der Waals surface area contributed by atoms with E-state index in [0.29, 0.717) is 5.02 Å². The summed E-state index contributed by atoms with van der Waals surface area (Å²) in [6, 6.07) is 24.3. The van der Waals surface area contributed by atoms with E-state index in [1.807, 2.05) is 54.6 Å². The molecule has 0 aliphatic carbocycles. The van der Waals surface area contributed by atoms with Gasteiger partial charge in [0.05, 0.1) is 16.1 Å². The van der Waals surface area contributed by atoms with Crippen LogP contribution in [-0.4, -0.2) is 9.97 Å². The van der Waals surface area contributed by atoms with Crippen LogP contribution in [0.2, 0.25) is 5.02 Å². The van der Waals surface area contributed by atoms with Crippen molar-refractivity contribution in [3.8, 4) is 22.5 Å². The van der Waals surface area contributed by atoms with Gasteiger partial charge in [0.15, 0.2) is 0 Å². The maximum absolute atomic E-state index is 6.48. The van der Waals surface area contributed by atoms with Crippen LogP contribution in [-0.2, 0) is 0 Å². The van der Waals surface area contributed by atoms with E-state index in [1.54, 1.807) is 0 Å². The van der Waals surface area contributed by atoms with Gasteiger partial charge in [-0.25, -0.2) is 4.98 Å². The Bertz CT molecular complexity index is 909. The molecule has 106 valence electrons. The van der Waals surface area contributed by atoms with Crippen LogP contribution < -0.4 is 0 Å². The van der Waals surface area contributed by atoms with Gasteiger partial charge in [-0.05, 0) is 35.4 Å². The Balaban J connectivity index is 1.80. The molecular weight excluding hydrogens is 292 g/mol. The molecule has 3 aromatic carbocycles. The molecule has 0 saturated heterocycles. The summed E-state index contributed by atoms with van der Waals surface area (Å²) in [4.78, 5) is 7.92. The number of aromatic amines is 1. The lowest BCUT2D eigenvalue weighted by Gasteiger charge is -2.05. The lowest BCUT2D eigenvalue weighted by molar-refractivity contribution is 1.34. The molecule has 4 rings (SSSR count). The molecule has 3 heteroatoms. The Labute approximate surface area is 133 Å². The van der Waals surface area contributed by atoms with E-state index in [2.05, 4.69) is 28.2 Å². The topological polar surface area (TPSA) is 28.7 Å². The minimum Gasteiger partial charge on any atom is -0.338 e. The van der Waals surface area contributed by atoms with E-state index in [-0.39, 0.29) is 0 Å². The van der Waals surface area contributed by atoms with Crippen LogP contribution in [0.3, 0.4) is 0 Å². The molecule has 0 bridgehead atoms. The zero-order valence-corrected chi connectivity index (χ0v) is 12.5. The van der Waals surface area contributed by atoms with Gasteiger partial charge >= 0.3 is 0 Å². The highest BCUT2D eigenvalue weighted by molar-refractivity contribution is 6.33. The summed E-state index contributed by atoms with van der Waals surface area (Å²) in [7, 11) is 0. The lowest BCUT2D eigenvalue weighted by Crippen LogP contribution is -1.84. The Morgan fingerprint density at radius 1 is 0.773 bits per heavy atom. The molecule has 4 aromatic rings. The normalized spacial score (nSPS) is 11.0. The molecule has 0 unspecified atom stereocenters. The Morgan fingerprint density at radius 3 is 2.32 bits per heavy atom. The second-order valence-corrected chi connectivity index (χ2v) is 5.57. The van der Waals surface area contributed by atoms with Crippen molar-refractivity contribution in [1.82, 2.24) is 9.97 Å².